The number of carbonyl (C=O) groups is 1. The molecule has 0 aliphatic heterocycles. The second kappa shape index (κ2) is 6.75. The first-order valence-corrected chi connectivity index (χ1v) is 8.43. The Kier molecular flexibility index (Phi) is 4.69. The molecule has 1 N–H and O–H groups in total. The molecule has 1 amide bonds. The van der Waals surface area contributed by atoms with Gasteiger partial charge in [-0.1, -0.05) is 22.0 Å². The maximum absolute atomic E-state index is 12.8. The number of rotatable bonds is 4. The van der Waals surface area contributed by atoms with Crippen LogP contribution in [0.4, 0.5) is 5.69 Å². The number of halogens is 1. The predicted octanol–water partition coefficient (Wildman–Crippen LogP) is 3.72. The van der Waals surface area contributed by atoms with E-state index in [1.807, 2.05) is 72.9 Å². The van der Waals surface area contributed by atoms with Crippen LogP contribution >= 0.6 is 15.9 Å². The van der Waals surface area contributed by atoms with E-state index < -0.39 is 0 Å². The van der Waals surface area contributed by atoms with E-state index in [9.17, 15) is 4.79 Å². The first-order valence-electron chi connectivity index (χ1n) is 7.64. The number of nitrogens with one attached hydrogen (secondary N) is 1. The van der Waals surface area contributed by atoms with Crippen molar-refractivity contribution in [2.75, 3.05) is 19.4 Å². The van der Waals surface area contributed by atoms with Gasteiger partial charge in [0.25, 0.3) is 5.91 Å². The van der Waals surface area contributed by atoms with Crippen molar-refractivity contribution in [1.29, 1.82) is 0 Å². The van der Waals surface area contributed by atoms with E-state index in [2.05, 4.69) is 26.2 Å². The van der Waals surface area contributed by atoms with Crippen LogP contribution in [0.5, 0.6) is 0 Å². The zero-order valence-corrected chi connectivity index (χ0v) is 15.5. The molecule has 3 aromatic rings. The van der Waals surface area contributed by atoms with Crippen LogP contribution in [0.3, 0.4) is 0 Å². The first kappa shape index (κ1) is 16.7. The van der Waals surface area contributed by atoms with Gasteiger partial charge in [-0.15, -0.1) is 0 Å². The fraction of sp³-hybridized carbons (Fsp3) is 0.222. The highest BCUT2D eigenvalue weighted by atomic mass is 79.9. The van der Waals surface area contributed by atoms with Gasteiger partial charge in [0, 0.05) is 22.9 Å². The highest BCUT2D eigenvalue weighted by Crippen LogP contribution is 2.21. The highest BCUT2D eigenvalue weighted by molar-refractivity contribution is 9.10. The molecule has 0 atom stereocenters. The molecular weight excluding hydrogens is 368 g/mol. The van der Waals surface area contributed by atoms with Crippen molar-refractivity contribution in [1.82, 2.24) is 14.3 Å². The Bertz CT molecular complexity index is 901. The number of fused-ring (bicyclic) bond motifs is 1. The fourth-order valence-corrected chi connectivity index (χ4v) is 2.84. The average Bonchev–Trinajstić information content (AvgIpc) is 2.89. The minimum atomic E-state index is -0.197. The Morgan fingerprint density at radius 3 is 2.79 bits per heavy atom. The van der Waals surface area contributed by atoms with E-state index in [4.69, 9.17) is 0 Å². The molecule has 0 bridgehead atoms. The van der Waals surface area contributed by atoms with Gasteiger partial charge in [0.15, 0.2) is 5.69 Å². The third-order valence-corrected chi connectivity index (χ3v) is 4.62. The summed E-state index contributed by atoms with van der Waals surface area (Å²) in [5.41, 5.74) is 3.92. The largest absolute Gasteiger partial charge is 0.321 e. The number of hydrogen-bond acceptors (Lipinski definition) is 3. The van der Waals surface area contributed by atoms with Crippen molar-refractivity contribution in [3.8, 4) is 0 Å². The lowest BCUT2D eigenvalue weighted by molar-refractivity contribution is 0.102. The summed E-state index contributed by atoms with van der Waals surface area (Å²) in [6.07, 6.45) is 1.93. The Balaban J connectivity index is 1.97. The average molecular weight is 387 g/mol. The number of aromatic nitrogens is 2. The quantitative estimate of drug-likeness (QED) is 0.743. The van der Waals surface area contributed by atoms with Gasteiger partial charge in [0.1, 0.15) is 5.65 Å². The molecule has 0 aliphatic rings. The third-order valence-electron chi connectivity index (χ3n) is 3.73. The molecule has 0 unspecified atom stereocenters. The molecule has 2 heterocycles. The van der Waals surface area contributed by atoms with E-state index in [0.29, 0.717) is 12.2 Å². The zero-order valence-electron chi connectivity index (χ0n) is 13.9. The summed E-state index contributed by atoms with van der Waals surface area (Å²) in [5.74, 6) is -0.197. The molecule has 0 saturated heterocycles. The normalized spacial score (nSPS) is 11.2. The number of carbonyl (C=O) groups excluding carboxylic acids is 1. The number of imidazole rings is 1. The van der Waals surface area contributed by atoms with Gasteiger partial charge in [-0.2, -0.15) is 0 Å². The number of pyridine rings is 1. The third kappa shape index (κ3) is 3.34. The molecule has 6 heteroatoms. The SMILES string of the molecule is Cc1cc(NC(=O)c2nc3ccccn3c2CN(C)C)ccc1Br. The molecule has 124 valence electrons. The summed E-state index contributed by atoms with van der Waals surface area (Å²) >= 11 is 3.47. The lowest BCUT2D eigenvalue weighted by atomic mass is 10.2. The van der Waals surface area contributed by atoms with Crippen LogP contribution in [0.1, 0.15) is 21.7 Å². The second-order valence-electron chi connectivity index (χ2n) is 5.99. The van der Waals surface area contributed by atoms with E-state index >= 15 is 0 Å². The van der Waals surface area contributed by atoms with Crippen LogP contribution in [0.25, 0.3) is 5.65 Å². The van der Waals surface area contributed by atoms with Gasteiger partial charge < -0.3 is 14.6 Å². The Labute approximate surface area is 149 Å². The second-order valence-corrected chi connectivity index (χ2v) is 6.85. The number of benzene rings is 1. The van der Waals surface area contributed by atoms with Gasteiger partial charge >= 0.3 is 0 Å². The summed E-state index contributed by atoms with van der Waals surface area (Å²) in [6, 6.07) is 11.5. The maximum Gasteiger partial charge on any atom is 0.276 e. The molecule has 24 heavy (non-hydrogen) atoms. The van der Waals surface area contributed by atoms with Crippen molar-refractivity contribution in [3.63, 3.8) is 0 Å². The van der Waals surface area contributed by atoms with Crippen LogP contribution in [0.2, 0.25) is 0 Å². The Morgan fingerprint density at radius 1 is 1.29 bits per heavy atom. The van der Waals surface area contributed by atoms with E-state index in [1.165, 1.54) is 0 Å². The molecule has 3 rings (SSSR count). The predicted molar refractivity (Wildman–Crippen MR) is 99.4 cm³/mol. The van der Waals surface area contributed by atoms with Crippen LogP contribution in [-0.4, -0.2) is 34.3 Å². The van der Waals surface area contributed by atoms with Crippen molar-refractivity contribution < 1.29 is 4.79 Å². The smallest absolute Gasteiger partial charge is 0.276 e. The molecule has 0 fully saturated rings. The zero-order chi connectivity index (χ0) is 17.3. The van der Waals surface area contributed by atoms with Crippen LogP contribution < -0.4 is 5.32 Å². The van der Waals surface area contributed by atoms with Gasteiger partial charge in [-0.25, -0.2) is 4.98 Å². The summed E-state index contributed by atoms with van der Waals surface area (Å²) in [5, 5.41) is 2.95. The molecule has 0 saturated carbocycles. The summed E-state index contributed by atoms with van der Waals surface area (Å²) in [6.45, 7) is 2.62. The van der Waals surface area contributed by atoms with Gasteiger partial charge in [0.2, 0.25) is 0 Å². The lowest BCUT2D eigenvalue weighted by Gasteiger charge is -2.11. The number of anilines is 1. The summed E-state index contributed by atoms with van der Waals surface area (Å²) in [7, 11) is 3.95. The van der Waals surface area contributed by atoms with Crippen LogP contribution in [0.15, 0.2) is 47.1 Å². The van der Waals surface area contributed by atoms with Gasteiger partial charge in [0.05, 0.1) is 5.69 Å². The fourth-order valence-electron chi connectivity index (χ4n) is 2.59. The molecule has 5 nitrogen and oxygen atoms in total. The molecular formula is C18H19BrN4O. The standard InChI is InChI=1S/C18H19BrN4O/c1-12-10-13(7-8-14(12)19)20-18(24)17-15(11-22(2)3)23-9-5-4-6-16(23)21-17/h4-10H,11H2,1-3H3,(H,20,24). The summed E-state index contributed by atoms with van der Waals surface area (Å²) in [4.78, 5) is 19.3. The number of nitrogens with zero attached hydrogens (tertiary/aromatic N) is 3. The van der Waals surface area contributed by atoms with E-state index in [-0.39, 0.29) is 5.91 Å². The molecule has 0 spiro atoms. The minimum Gasteiger partial charge on any atom is -0.321 e. The van der Waals surface area contributed by atoms with Crippen molar-refractivity contribution in [3.05, 3.63) is 64.0 Å². The molecule has 2 aromatic heterocycles. The lowest BCUT2D eigenvalue weighted by Crippen LogP contribution is -2.19. The van der Waals surface area contributed by atoms with Crippen molar-refractivity contribution in [2.45, 2.75) is 13.5 Å². The number of amides is 1. The van der Waals surface area contributed by atoms with Crippen LogP contribution in [-0.2, 0) is 6.54 Å². The molecule has 0 aliphatic carbocycles. The van der Waals surface area contributed by atoms with Crippen molar-refractivity contribution >= 4 is 33.2 Å². The van der Waals surface area contributed by atoms with Gasteiger partial charge in [-0.05, 0) is 56.9 Å². The van der Waals surface area contributed by atoms with E-state index in [1.54, 1.807) is 0 Å². The van der Waals surface area contributed by atoms with E-state index in [0.717, 1.165) is 27.1 Å². The van der Waals surface area contributed by atoms with Crippen molar-refractivity contribution in [2.24, 2.45) is 0 Å². The molecule has 0 radical (unpaired) electrons. The Hall–Kier alpha value is -2.18. The maximum atomic E-state index is 12.8. The topological polar surface area (TPSA) is 49.6 Å². The Morgan fingerprint density at radius 2 is 2.08 bits per heavy atom. The summed E-state index contributed by atoms with van der Waals surface area (Å²) < 4.78 is 2.98. The van der Waals surface area contributed by atoms with Crippen LogP contribution in [0, 0.1) is 6.92 Å². The van der Waals surface area contributed by atoms with Gasteiger partial charge in [-0.3, -0.25) is 4.79 Å². The molecule has 1 aromatic carbocycles. The number of hydrogen-bond donors (Lipinski definition) is 1. The minimum absolute atomic E-state index is 0.197. The number of aryl methyl sites for hydroxylation is 1. The highest BCUT2D eigenvalue weighted by Gasteiger charge is 2.19. The first-order chi connectivity index (χ1) is 11.5. The monoisotopic (exact) mass is 386 g/mol.